The van der Waals surface area contributed by atoms with Crippen LogP contribution in [0.1, 0.15) is 24.4 Å². The van der Waals surface area contributed by atoms with Crippen LogP contribution >= 0.6 is 0 Å². The highest BCUT2D eigenvalue weighted by atomic mass is 16.5. The lowest BCUT2D eigenvalue weighted by atomic mass is 9.95. The van der Waals surface area contributed by atoms with Gasteiger partial charge < -0.3 is 14.5 Å². The molecule has 1 aliphatic rings. The number of ketones is 1. The smallest absolute Gasteiger partial charge is 0.136 e. The van der Waals surface area contributed by atoms with E-state index < -0.39 is 0 Å². The minimum Gasteiger partial charge on any atom is -0.496 e. The van der Waals surface area contributed by atoms with Gasteiger partial charge in [-0.3, -0.25) is 4.79 Å². The summed E-state index contributed by atoms with van der Waals surface area (Å²) in [5, 5.41) is 4.37. The highest BCUT2D eigenvalue weighted by Gasteiger charge is 2.23. The van der Waals surface area contributed by atoms with Crippen molar-refractivity contribution in [3.8, 4) is 5.75 Å². The van der Waals surface area contributed by atoms with E-state index in [0.717, 1.165) is 28.8 Å². The zero-order valence-corrected chi connectivity index (χ0v) is 10.2. The second-order valence-corrected chi connectivity index (χ2v) is 4.55. The van der Waals surface area contributed by atoms with Crippen molar-refractivity contribution in [3.05, 3.63) is 30.0 Å². The highest BCUT2D eigenvalue weighted by molar-refractivity contribution is 5.83. The number of benzene rings is 1. The van der Waals surface area contributed by atoms with E-state index in [-0.39, 0.29) is 6.04 Å². The molecule has 0 bridgehead atoms. The van der Waals surface area contributed by atoms with Gasteiger partial charge in [0.1, 0.15) is 17.1 Å². The number of carbonyl (C=O) groups is 1. The monoisotopic (exact) mass is 245 g/mol. The predicted octanol–water partition coefficient (Wildman–Crippen LogP) is 2.43. The molecule has 1 saturated heterocycles. The number of nitrogens with one attached hydrogen (secondary N) is 1. The van der Waals surface area contributed by atoms with Crippen LogP contribution in [0, 0.1) is 0 Å². The van der Waals surface area contributed by atoms with Crippen LogP contribution < -0.4 is 10.1 Å². The summed E-state index contributed by atoms with van der Waals surface area (Å²) in [5.41, 5.74) is 1.82. The maximum absolute atomic E-state index is 11.6. The number of fused-ring (bicyclic) bond motifs is 1. The molecule has 2 heterocycles. The Balaban J connectivity index is 2.05. The lowest BCUT2D eigenvalue weighted by Crippen LogP contribution is -2.32. The molecule has 1 N–H and O–H groups in total. The summed E-state index contributed by atoms with van der Waals surface area (Å²) in [7, 11) is 1.65. The Morgan fingerprint density at radius 2 is 2.33 bits per heavy atom. The third-order valence-electron chi connectivity index (χ3n) is 3.41. The summed E-state index contributed by atoms with van der Waals surface area (Å²) in [6.45, 7) is 0.725. The van der Waals surface area contributed by atoms with Gasteiger partial charge in [0.15, 0.2) is 0 Å². The molecule has 0 amide bonds. The van der Waals surface area contributed by atoms with Crippen molar-refractivity contribution in [1.29, 1.82) is 0 Å². The van der Waals surface area contributed by atoms with Crippen LogP contribution in [0.15, 0.2) is 28.9 Å². The Morgan fingerprint density at radius 1 is 1.44 bits per heavy atom. The van der Waals surface area contributed by atoms with E-state index in [0.29, 0.717) is 18.6 Å². The Labute approximate surface area is 105 Å². The summed E-state index contributed by atoms with van der Waals surface area (Å²) in [5.74, 6) is 1.09. The standard InChI is InChI=1S/C14H15NO3/c1-17-14-6-9-3-5-18-13(9)8-11(14)12-7-10(16)2-4-15-12/h3,5-6,8,12,15H,2,4,7H2,1H3. The quantitative estimate of drug-likeness (QED) is 0.882. The van der Waals surface area contributed by atoms with Crippen molar-refractivity contribution in [2.75, 3.05) is 13.7 Å². The topological polar surface area (TPSA) is 51.5 Å². The van der Waals surface area contributed by atoms with Gasteiger partial charge in [0, 0.05) is 36.4 Å². The van der Waals surface area contributed by atoms with Gasteiger partial charge in [-0.25, -0.2) is 0 Å². The molecule has 1 fully saturated rings. The molecule has 1 aromatic heterocycles. The first kappa shape index (κ1) is 11.3. The Bertz CT molecular complexity index is 588. The Morgan fingerprint density at radius 3 is 3.11 bits per heavy atom. The fourth-order valence-electron chi connectivity index (χ4n) is 2.46. The Hall–Kier alpha value is -1.81. The summed E-state index contributed by atoms with van der Waals surface area (Å²) in [6.07, 6.45) is 2.79. The van der Waals surface area contributed by atoms with Gasteiger partial charge in [0.25, 0.3) is 0 Å². The van der Waals surface area contributed by atoms with E-state index in [2.05, 4.69) is 5.32 Å². The molecule has 0 radical (unpaired) electrons. The average molecular weight is 245 g/mol. The maximum atomic E-state index is 11.6. The number of Topliss-reactive ketones (excluding diaryl/α,β-unsaturated/α-hetero) is 1. The lowest BCUT2D eigenvalue weighted by Gasteiger charge is -2.24. The van der Waals surface area contributed by atoms with E-state index in [9.17, 15) is 4.79 Å². The van der Waals surface area contributed by atoms with Crippen LogP contribution in [0.3, 0.4) is 0 Å². The number of ether oxygens (including phenoxy) is 1. The zero-order chi connectivity index (χ0) is 12.5. The van der Waals surface area contributed by atoms with Crippen LogP contribution in [0.4, 0.5) is 0 Å². The average Bonchev–Trinajstić information content (AvgIpc) is 2.84. The van der Waals surface area contributed by atoms with Gasteiger partial charge in [-0.1, -0.05) is 0 Å². The normalized spacial score (nSPS) is 20.3. The van der Waals surface area contributed by atoms with Crippen molar-refractivity contribution < 1.29 is 13.9 Å². The summed E-state index contributed by atoms with van der Waals surface area (Å²) in [4.78, 5) is 11.6. The fourth-order valence-corrected chi connectivity index (χ4v) is 2.46. The molecule has 1 atom stereocenters. The number of carbonyl (C=O) groups excluding carboxylic acids is 1. The molecule has 0 spiro atoms. The number of hydrogen-bond donors (Lipinski definition) is 1. The van der Waals surface area contributed by atoms with Crippen molar-refractivity contribution in [2.24, 2.45) is 0 Å². The minimum atomic E-state index is 0.0238. The van der Waals surface area contributed by atoms with Gasteiger partial charge in [0.05, 0.1) is 13.4 Å². The van der Waals surface area contributed by atoms with Gasteiger partial charge in [0.2, 0.25) is 0 Å². The van der Waals surface area contributed by atoms with E-state index in [1.54, 1.807) is 13.4 Å². The number of methoxy groups -OCH3 is 1. The molecule has 1 unspecified atom stereocenters. The SMILES string of the molecule is COc1cc2ccoc2cc1C1CC(=O)CCN1. The molecule has 1 aromatic carbocycles. The fraction of sp³-hybridized carbons (Fsp3) is 0.357. The molecule has 4 nitrogen and oxygen atoms in total. The minimum absolute atomic E-state index is 0.0238. The van der Waals surface area contributed by atoms with E-state index >= 15 is 0 Å². The van der Waals surface area contributed by atoms with Crippen LogP contribution in [0.25, 0.3) is 11.0 Å². The third-order valence-corrected chi connectivity index (χ3v) is 3.41. The maximum Gasteiger partial charge on any atom is 0.136 e. The molecule has 2 aromatic rings. The summed E-state index contributed by atoms with van der Waals surface area (Å²) >= 11 is 0. The molecule has 1 aliphatic heterocycles. The molecule has 0 saturated carbocycles. The van der Waals surface area contributed by atoms with Gasteiger partial charge in [-0.15, -0.1) is 0 Å². The van der Waals surface area contributed by atoms with Crippen LogP contribution in [0.5, 0.6) is 5.75 Å². The predicted molar refractivity (Wildman–Crippen MR) is 67.8 cm³/mol. The molecule has 3 rings (SSSR count). The van der Waals surface area contributed by atoms with Gasteiger partial charge in [-0.05, 0) is 18.2 Å². The molecular weight excluding hydrogens is 230 g/mol. The Kier molecular flexibility index (Phi) is 2.80. The van der Waals surface area contributed by atoms with E-state index in [4.69, 9.17) is 9.15 Å². The first-order valence-corrected chi connectivity index (χ1v) is 6.08. The lowest BCUT2D eigenvalue weighted by molar-refractivity contribution is -0.120. The molecule has 94 valence electrons. The zero-order valence-electron chi connectivity index (χ0n) is 10.2. The summed E-state index contributed by atoms with van der Waals surface area (Å²) < 4.78 is 10.8. The van der Waals surface area contributed by atoms with E-state index in [1.165, 1.54) is 0 Å². The van der Waals surface area contributed by atoms with Crippen molar-refractivity contribution in [3.63, 3.8) is 0 Å². The third kappa shape index (κ3) is 1.88. The van der Waals surface area contributed by atoms with Gasteiger partial charge >= 0.3 is 0 Å². The number of hydrogen-bond acceptors (Lipinski definition) is 4. The van der Waals surface area contributed by atoms with Crippen LogP contribution in [-0.2, 0) is 4.79 Å². The molecule has 4 heteroatoms. The highest BCUT2D eigenvalue weighted by Crippen LogP contribution is 2.33. The summed E-state index contributed by atoms with van der Waals surface area (Å²) in [6, 6.07) is 5.84. The molecule has 18 heavy (non-hydrogen) atoms. The van der Waals surface area contributed by atoms with Crippen LogP contribution in [-0.4, -0.2) is 19.4 Å². The van der Waals surface area contributed by atoms with Crippen molar-refractivity contribution in [2.45, 2.75) is 18.9 Å². The van der Waals surface area contributed by atoms with Crippen molar-refractivity contribution >= 4 is 16.8 Å². The number of piperidine rings is 1. The number of furan rings is 1. The van der Waals surface area contributed by atoms with Crippen molar-refractivity contribution in [1.82, 2.24) is 5.32 Å². The van der Waals surface area contributed by atoms with E-state index in [1.807, 2.05) is 18.2 Å². The second-order valence-electron chi connectivity index (χ2n) is 4.55. The van der Waals surface area contributed by atoms with Crippen LogP contribution in [0.2, 0.25) is 0 Å². The molecule has 0 aliphatic carbocycles. The molecular formula is C14H15NO3. The largest absolute Gasteiger partial charge is 0.496 e. The first-order valence-electron chi connectivity index (χ1n) is 6.08. The van der Waals surface area contributed by atoms with Gasteiger partial charge in [-0.2, -0.15) is 0 Å². The first-order chi connectivity index (χ1) is 8.78. The second kappa shape index (κ2) is 4.46. The number of rotatable bonds is 2.